The van der Waals surface area contributed by atoms with Crippen molar-refractivity contribution < 1.29 is 4.39 Å². The number of fused-ring (bicyclic) bond motifs is 1. The van der Waals surface area contributed by atoms with E-state index in [-0.39, 0.29) is 5.82 Å². The first-order valence-electron chi connectivity index (χ1n) is 6.85. The fraction of sp³-hybridized carbons (Fsp3) is 0.167. The molecule has 0 aliphatic rings. The number of aryl methyl sites for hydroxylation is 2. The number of halogens is 1. The highest BCUT2D eigenvalue weighted by Gasteiger charge is 2.12. The molecule has 0 fully saturated rings. The Morgan fingerprint density at radius 3 is 2.60 bits per heavy atom. The summed E-state index contributed by atoms with van der Waals surface area (Å²) in [6.07, 6.45) is 0.834. The standard InChI is InChI=1S/C18H16FN/c1-3-13-11-14-8-6-7-12(2)17(14)20-18(13)15-9-4-5-10-16(15)19/h4-11H,3H2,1-2H3. The third-order valence-electron chi connectivity index (χ3n) is 3.64. The molecule has 0 unspecified atom stereocenters. The Hall–Kier alpha value is -2.22. The minimum atomic E-state index is -0.220. The van der Waals surface area contributed by atoms with Crippen LogP contribution in [0.15, 0.2) is 48.5 Å². The zero-order chi connectivity index (χ0) is 14.1. The van der Waals surface area contributed by atoms with E-state index < -0.39 is 0 Å². The topological polar surface area (TPSA) is 12.9 Å². The van der Waals surface area contributed by atoms with Crippen molar-refractivity contribution in [2.75, 3.05) is 0 Å². The second kappa shape index (κ2) is 5.04. The first-order valence-corrected chi connectivity index (χ1v) is 6.85. The molecule has 0 amide bonds. The molecule has 3 aromatic rings. The van der Waals surface area contributed by atoms with Gasteiger partial charge in [-0.15, -0.1) is 0 Å². The number of hydrogen-bond donors (Lipinski definition) is 0. The first-order chi connectivity index (χ1) is 9.70. The Bertz CT molecular complexity index is 777. The van der Waals surface area contributed by atoms with E-state index in [4.69, 9.17) is 4.98 Å². The predicted octanol–water partition coefficient (Wildman–Crippen LogP) is 4.91. The summed E-state index contributed by atoms with van der Waals surface area (Å²) >= 11 is 0. The van der Waals surface area contributed by atoms with Crippen LogP contribution in [0, 0.1) is 12.7 Å². The van der Waals surface area contributed by atoms with Gasteiger partial charge in [-0.05, 0) is 42.7 Å². The summed E-state index contributed by atoms with van der Waals surface area (Å²) in [5.74, 6) is -0.220. The van der Waals surface area contributed by atoms with Crippen LogP contribution < -0.4 is 0 Å². The zero-order valence-corrected chi connectivity index (χ0v) is 11.7. The molecule has 1 aromatic heterocycles. The van der Waals surface area contributed by atoms with Gasteiger partial charge in [0.15, 0.2) is 0 Å². The van der Waals surface area contributed by atoms with Crippen molar-refractivity contribution in [3.63, 3.8) is 0 Å². The molecule has 0 saturated carbocycles. The van der Waals surface area contributed by atoms with Crippen molar-refractivity contribution in [3.05, 3.63) is 65.5 Å². The Kier molecular flexibility index (Phi) is 3.23. The van der Waals surface area contributed by atoms with Crippen LogP contribution in [0.25, 0.3) is 22.2 Å². The van der Waals surface area contributed by atoms with Crippen LogP contribution in [-0.4, -0.2) is 4.98 Å². The third-order valence-corrected chi connectivity index (χ3v) is 3.64. The molecule has 20 heavy (non-hydrogen) atoms. The molecule has 1 heterocycles. The van der Waals surface area contributed by atoms with Gasteiger partial charge < -0.3 is 0 Å². The Labute approximate surface area is 118 Å². The lowest BCUT2D eigenvalue weighted by Gasteiger charge is -2.11. The van der Waals surface area contributed by atoms with Gasteiger partial charge in [-0.25, -0.2) is 9.37 Å². The summed E-state index contributed by atoms with van der Waals surface area (Å²) in [6.45, 7) is 4.11. The SMILES string of the molecule is CCc1cc2cccc(C)c2nc1-c1ccccc1F. The predicted molar refractivity (Wildman–Crippen MR) is 81.3 cm³/mol. The van der Waals surface area contributed by atoms with Gasteiger partial charge in [0.2, 0.25) is 0 Å². The van der Waals surface area contributed by atoms with Gasteiger partial charge in [-0.2, -0.15) is 0 Å². The van der Waals surface area contributed by atoms with Crippen LogP contribution in [0.3, 0.4) is 0 Å². The number of rotatable bonds is 2. The highest BCUT2D eigenvalue weighted by Crippen LogP contribution is 2.29. The zero-order valence-electron chi connectivity index (χ0n) is 11.7. The van der Waals surface area contributed by atoms with Gasteiger partial charge >= 0.3 is 0 Å². The van der Waals surface area contributed by atoms with Crippen LogP contribution >= 0.6 is 0 Å². The summed E-state index contributed by atoms with van der Waals surface area (Å²) in [4.78, 5) is 4.74. The first kappa shape index (κ1) is 12.8. The number of benzene rings is 2. The van der Waals surface area contributed by atoms with E-state index in [0.717, 1.165) is 34.1 Å². The van der Waals surface area contributed by atoms with Gasteiger partial charge in [0.1, 0.15) is 5.82 Å². The third kappa shape index (κ3) is 2.07. The maximum absolute atomic E-state index is 14.1. The molecule has 2 heteroatoms. The fourth-order valence-corrected chi connectivity index (χ4v) is 2.55. The lowest BCUT2D eigenvalue weighted by molar-refractivity contribution is 0.630. The highest BCUT2D eigenvalue weighted by molar-refractivity contribution is 5.85. The molecule has 0 saturated heterocycles. The van der Waals surface area contributed by atoms with Gasteiger partial charge in [0.05, 0.1) is 11.2 Å². The van der Waals surface area contributed by atoms with Crippen LogP contribution in [0.4, 0.5) is 4.39 Å². The maximum atomic E-state index is 14.1. The average Bonchev–Trinajstić information content (AvgIpc) is 2.47. The van der Waals surface area contributed by atoms with E-state index in [1.165, 1.54) is 6.07 Å². The summed E-state index contributed by atoms with van der Waals surface area (Å²) in [7, 11) is 0. The summed E-state index contributed by atoms with van der Waals surface area (Å²) in [5, 5.41) is 1.11. The molecular formula is C18H16FN. The maximum Gasteiger partial charge on any atom is 0.132 e. The monoisotopic (exact) mass is 265 g/mol. The molecule has 3 rings (SSSR count). The van der Waals surface area contributed by atoms with Gasteiger partial charge in [0.25, 0.3) is 0 Å². The minimum absolute atomic E-state index is 0.220. The van der Waals surface area contributed by atoms with E-state index >= 15 is 0 Å². The van der Waals surface area contributed by atoms with Crippen molar-refractivity contribution in [2.24, 2.45) is 0 Å². The smallest absolute Gasteiger partial charge is 0.132 e. The van der Waals surface area contributed by atoms with Crippen molar-refractivity contribution in [1.82, 2.24) is 4.98 Å². The molecule has 0 atom stereocenters. The average molecular weight is 265 g/mol. The number of pyridine rings is 1. The number of nitrogens with zero attached hydrogens (tertiary/aromatic N) is 1. The number of para-hydroxylation sites is 1. The van der Waals surface area contributed by atoms with Crippen LogP contribution in [0.1, 0.15) is 18.1 Å². The number of hydrogen-bond acceptors (Lipinski definition) is 1. The molecule has 0 spiro atoms. The minimum Gasteiger partial charge on any atom is -0.247 e. The van der Waals surface area contributed by atoms with Crippen molar-refractivity contribution in [1.29, 1.82) is 0 Å². The molecule has 0 radical (unpaired) electrons. The Morgan fingerprint density at radius 2 is 1.85 bits per heavy atom. The molecule has 100 valence electrons. The van der Waals surface area contributed by atoms with Crippen molar-refractivity contribution in [3.8, 4) is 11.3 Å². The normalized spacial score (nSPS) is 10.9. The Morgan fingerprint density at radius 1 is 1.05 bits per heavy atom. The largest absolute Gasteiger partial charge is 0.247 e. The molecule has 0 bridgehead atoms. The quantitative estimate of drug-likeness (QED) is 0.641. The molecule has 0 aliphatic carbocycles. The summed E-state index contributed by atoms with van der Waals surface area (Å²) < 4.78 is 14.1. The summed E-state index contributed by atoms with van der Waals surface area (Å²) in [5.41, 5.74) is 4.47. The van der Waals surface area contributed by atoms with Crippen molar-refractivity contribution >= 4 is 10.9 Å². The van der Waals surface area contributed by atoms with Crippen LogP contribution in [0.2, 0.25) is 0 Å². The van der Waals surface area contributed by atoms with Crippen LogP contribution in [-0.2, 0) is 6.42 Å². The summed E-state index contributed by atoms with van der Waals surface area (Å²) in [6, 6.07) is 15.1. The van der Waals surface area contributed by atoms with Gasteiger partial charge in [-0.1, -0.05) is 37.3 Å². The Balaban J connectivity index is 2.34. The fourth-order valence-electron chi connectivity index (χ4n) is 2.55. The van der Waals surface area contributed by atoms with Gasteiger partial charge in [0, 0.05) is 10.9 Å². The molecule has 0 N–H and O–H groups in total. The lowest BCUT2D eigenvalue weighted by Crippen LogP contribution is -1.96. The number of aromatic nitrogens is 1. The molecular weight excluding hydrogens is 249 g/mol. The van der Waals surface area contributed by atoms with E-state index in [2.05, 4.69) is 19.1 Å². The van der Waals surface area contributed by atoms with Gasteiger partial charge in [-0.3, -0.25) is 0 Å². The van der Waals surface area contributed by atoms with Crippen molar-refractivity contribution in [2.45, 2.75) is 20.3 Å². The molecule has 1 nitrogen and oxygen atoms in total. The lowest BCUT2D eigenvalue weighted by atomic mass is 10.00. The van der Waals surface area contributed by atoms with E-state index in [1.807, 2.05) is 25.1 Å². The molecule has 2 aromatic carbocycles. The molecule has 0 aliphatic heterocycles. The van der Waals surface area contributed by atoms with E-state index in [1.54, 1.807) is 12.1 Å². The second-order valence-corrected chi connectivity index (χ2v) is 4.98. The van der Waals surface area contributed by atoms with Crippen LogP contribution in [0.5, 0.6) is 0 Å². The van der Waals surface area contributed by atoms with E-state index in [0.29, 0.717) is 5.56 Å². The van der Waals surface area contributed by atoms with E-state index in [9.17, 15) is 4.39 Å². The highest BCUT2D eigenvalue weighted by atomic mass is 19.1. The second-order valence-electron chi connectivity index (χ2n) is 4.98.